The van der Waals surface area contributed by atoms with E-state index in [0.29, 0.717) is 12.4 Å². The maximum Gasteiger partial charge on any atom is 0.274 e. The van der Waals surface area contributed by atoms with Crippen molar-refractivity contribution in [1.82, 2.24) is 14.7 Å². The lowest BCUT2D eigenvalue weighted by molar-refractivity contribution is -0.118. The van der Waals surface area contributed by atoms with Gasteiger partial charge >= 0.3 is 0 Å². The summed E-state index contributed by atoms with van der Waals surface area (Å²) >= 11 is 0. The smallest absolute Gasteiger partial charge is 0.274 e. The predicted molar refractivity (Wildman–Crippen MR) is 109 cm³/mol. The van der Waals surface area contributed by atoms with Crippen LogP contribution in [0.3, 0.4) is 0 Å². The van der Waals surface area contributed by atoms with Crippen LogP contribution in [0.5, 0.6) is 0 Å². The first-order chi connectivity index (χ1) is 13.8. The molecule has 0 fully saturated rings. The molecule has 2 amide bonds. The number of halogens is 1. The summed E-state index contributed by atoms with van der Waals surface area (Å²) in [5, 5.41) is 7.25. The number of benzene rings is 2. The van der Waals surface area contributed by atoms with Crippen LogP contribution in [0, 0.1) is 11.7 Å². The molecule has 6 nitrogen and oxygen atoms in total. The minimum atomic E-state index is -0.324. The monoisotopic (exact) mass is 394 g/mol. The van der Waals surface area contributed by atoms with Gasteiger partial charge in [0.2, 0.25) is 5.91 Å². The van der Waals surface area contributed by atoms with E-state index in [1.54, 1.807) is 43.8 Å². The topological polar surface area (TPSA) is 67.2 Å². The molecule has 0 aliphatic carbocycles. The number of amides is 2. The van der Waals surface area contributed by atoms with Gasteiger partial charge in [-0.25, -0.2) is 9.07 Å². The summed E-state index contributed by atoms with van der Waals surface area (Å²) in [5.74, 6) is -0.581. The molecule has 0 saturated heterocycles. The highest BCUT2D eigenvalue weighted by Gasteiger charge is 2.20. The SMILES string of the molecule is CC(C)C(=O)Nc1cc(C(=O)N(C)Cc2ccc(F)cc2)nn1-c1ccccc1. The largest absolute Gasteiger partial charge is 0.336 e. The van der Waals surface area contributed by atoms with Crippen molar-refractivity contribution in [2.75, 3.05) is 12.4 Å². The van der Waals surface area contributed by atoms with Gasteiger partial charge in [0.25, 0.3) is 5.91 Å². The summed E-state index contributed by atoms with van der Waals surface area (Å²) in [6, 6.07) is 16.8. The molecule has 0 radical (unpaired) electrons. The molecule has 3 rings (SSSR count). The number of hydrogen-bond donors (Lipinski definition) is 1. The van der Waals surface area contributed by atoms with E-state index < -0.39 is 0 Å². The number of hydrogen-bond acceptors (Lipinski definition) is 3. The summed E-state index contributed by atoms with van der Waals surface area (Å²) in [5.41, 5.74) is 1.74. The van der Waals surface area contributed by atoms with Gasteiger partial charge < -0.3 is 10.2 Å². The Morgan fingerprint density at radius 2 is 1.76 bits per heavy atom. The van der Waals surface area contributed by atoms with Crippen molar-refractivity contribution in [3.05, 3.63) is 77.7 Å². The van der Waals surface area contributed by atoms with Crippen molar-refractivity contribution in [1.29, 1.82) is 0 Å². The second-order valence-electron chi connectivity index (χ2n) is 7.09. The number of anilines is 1. The zero-order chi connectivity index (χ0) is 21.0. The zero-order valence-corrected chi connectivity index (χ0v) is 16.6. The molecule has 7 heteroatoms. The molecule has 0 aliphatic rings. The second-order valence-corrected chi connectivity index (χ2v) is 7.09. The Morgan fingerprint density at radius 1 is 1.10 bits per heavy atom. The molecular weight excluding hydrogens is 371 g/mol. The number of aromatic nitrogens is 2. The Morgan fingerprint density at radius 3 is 2.38 bits per heavy atom. The normalized spacial score (nSPS) is 10.8. The lowest BCUT2D eigenvalue weighted by atomic mass is 10.2. The third-order valence-corrected chi connectivity index (χ3v) is 4.38. The van der Waals surface area contributed by atoms with Gasteiger partial charge in [0.05, 0.1) is 5.69 Å². The molecule has 0 atom stereocenters. The Balaban J connectivity index is 1.88. The third kappa shape index (κ3) is 4.87. The minimum absolute atomic E-state index is 0.166. The van der Waals surface area contributed by atoms with Crippen LogP contribution in [0.1, 0.15) is 29.9 Å². The van der Waals surface area contributed by atoms with Crippen molar-refractivity contribution in [2.24, 2.45) is 5.92 Å². The first-order valence-electron chi connectivity index (χ1n) is 9.31. The van der Waals surface area contributed by atoms with Gasteiger partial charge in [-0.1, -0.05) is 44.2 Å². The number of nitrogens with zero attached hydrogens (tertiary/aromatic N) is 3. The molecule has 2 aromatic carbocycles. The van der Waals surface area contributed by atoms with Gasteiger partial charge in [0.1, 0.15) is 11.6 Å². The number of carbonyl (C=O) groups excluding carboxylic acids is 2. The summed E-state index contributed by atoms with van der Waals surface area (Å²) in [6.45, 7) is 3.90. The molecule has 1 aromatic heterocycles. The average molecular weight is 394 g/mol. The second kappa shape index (κ2) is 8.68. The van der Waals surface area contributed by atoms with E-state index in [1.807, 2.05) is 30.3 Å². The number of para-hydroxylation sites is 1. The standard InChI is InChI=1S/C22H23FN4O2/c1-15(2)21(28)24-20-13-19(25-27(20)18-7-5-4-6-8-18)22(29)26(3)14-16-9-11-17(23)12-10-16/h4-13,15H,14H2,1-3H3,(H,24,28). The van der Waals surface area contributed by atoms with E-state index in [4.69, 9.17) is 0 Å². The van der Waals surface area contributed by atoms with Crippen molar-refractivity contribution in [3.63, 3.8) is 0 Å². The lowest BCUT2D eigenvalue weighted by Crippen LogP contribution is -2.26. The van der Waals surface area contributed by atoms with Crippen LogP contribution in [-0.2, 0) is 11.3 Å². The highest BCUT2D eigenvalue weighted by atomic mass is 19.1. The maximum atomic E-state index is 13.1. The summed E-state index contributed by atoms with van der Waals surface area (Å²) in [7, 11) is 1.65. The minimum Gasteiger partial charge on any atom is -0.336 e. The third-order valence-electron chi connectivity index (χ3n) is 4.38. The maximum absolute atomic E-state index is 13.1. The van der Waals surface area contributed by atoms with E-state index in [0.717, 1.165) is 11.3 Å². The van der Waals surface area contributed by atoms with Gasteiger partial charge in [-0.2, -0.15) is 5.10 Å². The van der Waals surface area contributed by atoms with E-state index in [2.05, 4.69) is 10.4 Å². The molecule has 0 spiro atoms. The Kier molecular flexibility index (Phi) is 6.07. The van der Waals surface area contributed by atoms with Gasteiger partial charge in [-0.05, 0) is 29.8 Å². The van der Waals surface area contributed by atoms with Crippen molar-refractivity contribution >= 4 is 17.6 Å². The molecule has 3 aromatic rings. The molecule has 0 aliphatic heterocycles. The van der Waals surface area contributed by atoms with Crippen LogP contribution in [0.25, 0.3) is 5.69 Å². The zero-order valence-electron chi connectivity index (χ0n) is 16.6. The first-order valence-corrected chi connectivity index (χ1v) is 9.31. The van der Waals surface area contributed by atoms with Crippen LogP contribution in [0.15, 0.2) is 60.7 Å². The molecular formula is C22H23FN4O2. The predicted octanol–water partition coefficient (Wildman–Crippen LogP) is 3.88. The Bertz CT molecular complexity index is 997. The summed E-state index contributed by atoms with van der Waals surface area (Å²) in [6.07, 6.45) is 0. The van der Waals surface area contributed by atoms with Crippen LogP contribution in [0.4, 0.5) is 10.2 Å². The van der Waals surface area contributed by atoms with E-state index in [-0.39, 0.29) is 29.2 Å². The van der Waals surface area contributed by atoms with Crippen molar-refractivity contribution < 1.29 is 14.0 Å². The van der Waals surface area contributed by atoms with Crippen LogP contribution < -0.4 is 5.32 Å². The molecule has 1 heterocycles. The molecule has 150 valence electrons. The molecule has 0 bridgehead atoms. The Hall–Kier alpha value is -3.48. The highest BCUT2D eigenvalue weighted by molar-refractivity contribution is 5.96. The van der Waals surface area contributed by atoms with Crippen molar-refractivity contribution in [3.8, 4) is 5.69 Å². The van der Waals surface area contributed by atoms with Crippen LogP contribution >= 0.6 is 0 Å². The fourth-order valence-electron chi connectivity index (χ4n) is 2.74. The van der Waals surface area contributed by atoms with Gasteiger partial charge in [-0.3, -0.25) is 9.59 Å². The van der Waals surface area contributed by atoms with E-state index >= 15 is 0 Å². The van der Waals surface area contributed by atoms with Gasteiger partial charge in [0.15, 0.2) is 5.69 Å². The number of carbonyl (C=O) groups is 2. The molecule has 0 unspecified atom stereocenters. The average Bonchev–Trinajstić information content (AvgIpc) is 3.13. The molecule has 29 heavy (non-hydrogen) atoms. The fourth-order valence-corrected chi connectivity index (χ4v) is 2.74. The summed E-state index contributed by atoms with van der Waals surface area (Å²) in [4.78, 5) is 26.6. The van der Waals surface area contributed by atoms with E-state index in [9.17, 15) is 14.0 Å². The highest BCUT2D eigenvalue weighted by Crippen LogP contribution is 2.19. The van der Waals surface area contributed by atoms with Crippen LogP contribution in [-0.4, -0.2) is 33.5 Å². The lowest BCUT2D eigenvalue weighted by Gasteiger charge is -2.15. The molecule has 1 N–H and O–H groups in total. The van der Waals surface area contributed by atoms with E-state index in [1.165, 1.54) is 17.0 Å². The quantitative estimate of drug-likeness (QED) is 0.690. The number of nitrogens with one attached hydrogen (secondary N) is 1. The van der Waals surface area contributed by atoms with Crippen LogP contribution in [0.2, 0.25) is 0 Å². The fraction of sp³-hybridized carbons (Fsp3) is 0.227. The first kappa shape index (κ1) is 20.3. The Labute approximate surface area is 169 Å². The van der Waals surface area contributed by atoms with Gasteiger partial charge in [0, 0.05) is 25.6 Å². The van der Waals surface area contributed by atoms with Gasteiger partial charge in [-0.15, -0.1) is 0 Å². The van der Waals surface area contributed by atoms with Crippen molar-refractivity contribution in [2.45, 2.75) is 20.4 Å². The molecule has 0 saturated carbocycles. The summed E-state index contributed by atoms with van der Waals surface area (Å²) < 4.78 is 14.6. The number of rotatable bonds is 6.